The van der Waals surface area contributed by atoms with Crippen LogP contribution in [0, 0.1) is 0 Å². The summed E-state index contributed by atoms with van der Waals surface area (Å²) in [4.78, 5) is 26.1. The van der Waals surface area contributed by atoms with Crippen molar-refractivity contribution in [2.75, 3.05) is 6.61 Å². The number of aryl methyl sites for hydroxylation is 2. The van der Waals surface area contributed by atoms with Crippen molar-refractivity contribution >= 4 is 12.3 Å². The van der Waals surface area contributed by atoms with Crippen LogP contribution in [0.25, 0.3) is 0 Å². The molecule has 20 heavy (non-hydrogen) atoms. The van der Waals surface area contributed by atoms with Crippen molar-refractivity contribution in [3.8, 4) is 0 Å². The van der Waals surface area contributed by atoms with Crippen LogP contribution in [0.3, 0.4) is 0 Å². The molecule has 1 aromatic heterocycles. The molecule has 0 aliphatic heterocycles. The van der Waals surface area contributed by atoms with Gasteiger partial charge in [-0.3, -0.25) is 4.79 Å². The van der Waals surface area contributed by atoms with E-state index in [4.69, 9.17) is 4.74 Å². The van der Waals surface area contributed by atoms with E-state index < -0.39 is 0 Å². The Bertz CT molecular complexity index is 402. The zero-order valence-electron chi connectivity index (χ0n) is 12.2. The quantitative estimate of drug-likeness (QED) is 0.355. The standard InChI is InChI=1S/C15H24N2O3/c1-2-3-4-5-13-20-15(19)8-10-17-11-9-16-14(17)7-6-12-18/h9,11-12H,2-8,10,13H2,1H3. The predicted molar refractivity (Wildman–Crippen MR) is 76.3 cm³/mol. The van der Waals surface area contributed by atoms with Crippen LogP contribution in [-0.2, 0) is 27.3 Å². The number of carbonyl (C=O) groups is 2. The highest BCUT2D eigenvalue weighted by molar-refractivity contribution is 5.69. The van der Waals surface area contributed by atoms with Gasteiger partial charge in [-0.15, -0.1) is 0 Å². The molecule has 0 radical (unpaired) electrons. The van der Waals surface area contributed by atoms with Crippen LogP contribution in [0.15, 0.2) is 12.4 Å². The van der Waals surface area contributed by atoms with Crippen molar-refractivity contribution in [3.05, 3.63) is 18.2 Å². The van der Waals surface area contributed by atoms with Gasteiger partial charge in [-0.05, 0) is 6.42 Å². The van der Waals surface area contributed by atoms with Gasteiger partial charge in [0.15, 0.2) is 0 Å². The Morgan fingerprint density at radius 2 is 2.25 bits per heavy atom. The number of aromatic nitrogens is 2. The molecule has 5 nitrogen and oxygen atoms in total. The minimum atomic E-state index is -0.170. The number of imidazole rings is 1. The molecule has 0 saturated heterocycles. The fraction of sp³-hybridized carbons (Fsp3) is 0.667. The number of rotatable bonds is 11. The van der Waals surface area contributed by atoms with Gasteiger partial charge in [0, 0.05) is 31.8 Å². The van der Waals surface area contributed by atoms with Crippen molar-refractivity contribution in [1.29, 1.82) is 0 Å². The second-order valence-electron chi connectivity index (χ2n) is 4.77. The molecular weight excluding hydrogens is 256 g/mol. The first kappa shape index (κ1) is 16.4. The maximum atomic E-state index is 11.6. The summed E-state index contributed by atoms with van der Waals surface area (Å²) in [5.74, 6) is 0.671. The number of hydrogen-bond donors (Lipinski definition) is 0. The van der Waals surface area contributed by atoms with Crippen molar-refractivity contribution in [2.24, 2.45) is 0 Å². The van der Waals surface area contributed by atoms with Crippen LogP contribution in [0.4, 0.5) is 0 Å². The SMILES string of the molecule is CCCCCCOC(=O)CCn1ccnc1CCC=O. The monoisotopic (exact) mass is 280 g/mol. The third-order valence-electron chi connectivity index (χ3n) is 3.11. The van der Waals surface area contributed by atoms with Gasteiger partial charge in [-0.2, -0.15) is 0 Å². The first-order valence-corrected chi connectivity index (χ1v) is 7.37. The highest BCUT2D eigenvalue weighted by Gasteiger charge is 2.06. The molecule has 1 heterocycles. The van der Waals surface area contributed by atoms with Crippen LogP contribution >= 0.6 is 0 Å². The second kappa shape index (κ2) is 10.2. The predicted octanol–water partition coefficient (Wildman–Crippen LogP) is 2.53. The van der Waals surface area contributed by atoms with E-state index >= 15 is 0 Å². The van der Waals surface area contributed by atoms with Crippen LogP contribution in [-0.4, -0.2) is 28.4 Å². The summed E-state index contributed by atoms with van der Waals surface area (Å²) < 4.78 is 7.08. The largest absolute Gasteiger partial charge is 0.466 e. The average molecular weight is 280 g/mol. The molecule has 0 spiro atoms. The van der Waals surface area contributed by atoms with Crippen molar-refractivity contribution < 1.29 is 14.3 Å². The number of ether oxygens (including phenoxy) is 1. The average Bonchev–Trinajstić information content (AvgIpc) is 2.90. The summed E-state index contributed by atoms with van der Waals surface area (Å²) in [6, 6.07) is 0. The van der Waals surface area contributed by atoms with E-state index in [1.54, 1.807) is 6.20 Å². The smallest absolute Gasteiger partial charge is 0.307 e. The van der Waals surface area contributed by atoms with Crippen molar-refractivity contribution in [1.82, 2.24) is 9.55 Å². The number of aldehydes is 1. The van der Waals surface area contributed by atoms with Gasteiger partial charge in [0.25, 0.3) is 0 Å². The van der Waals surface area contributed by atoms with Gasteiger partial charge >= 0.3 is 5.97 Å². The van der Waals surface area contributed by atoms with Gasteiger partial charge in [0.1, 0.15) is 12.1 Å². The zero-order valence-corrected chi connectivity index (χ0v) is 12.2. The molecule has 0 bridgehead atoms. The van der Waals surface area contributed by atoms with Crippen molar-refractivity contribution in [2.45, 2.75) is 58.4 Å². The second-order valence-corrected chi connectivity index (χ2v) is 4.77. The fourth-order valence-electron chi connectivity index (χ4n) is 1.96. The molecular formula is C15H24N2O3. The summed E-state index contributed by atoms with van der Waals surface area (Å²) in [7, 11) is 0. The van der Waals surface area contributed by atoms with Gasteiger partial charge in [0.2, 0.25) is 0 Å². The molecule has 0 unspecified atom stereocenters. The Labute approximate surface area is 120 Å². The lowest BCUT2D eigenvalue weighted by atomic mass is 10.2. The van der Waals surface area contributed by atoms with Crippen LogP contribution in [0.1, 0.15) is 51.3 Å². The number of hydrogen-bond acceptors (Lipinski definition) is 4. The highest BCUT2D eigenvalue weighted by Crippen LogP contribution is 2.04. The van der Waals surface area contributed by atoms with Crippen LogP contribution in [0.2, 0.25) is 0 Å². The Hall–Kier alpha value is -1.65. The molecule has 1 rings (SSSR count). The minimum Gasteiger partial charge on any atom is -0.466 e. The molecule has 0 aromatic carbocycles. The van der Waals surface area contributed by atoms with Gasteiger partial charge in [0.05, 0.1) is 13.0 Å². The van der Waals surface area contributed by atoms with E-state index in [1.807, 2.05) is 10.8 Å². The first-order chi connectivity index (χ1) is 9.77. The topological polar surface area (TPSA) is 61.2 Å². The molecule has 1 aromatic rings. The molecule has 0 atom stereocenters. The number of esters is 1. The lowest BCUT2D eigenvalue weighted by Crippen LogP contribution is -2.11. The Kier molecular flexibility index (Phi) is 8.35. The van der Waals surface area contributed by atoms with Gasteiger partial charge in [-0.25, -0.2) is 4.98 Å². The zero-order chi connectivity index (χ0) is 14.6. The summed E-state index contributed by atoms with van der Waals surface area (Å²) in [6.07, 6.45) is 10.2. The lowest BCUT2D eigenvalue weighted by molar-refractivity contribution is -0.144. The maximum Gasteiger partial charge on any atom is 0.307 e. The molecule has 0 fully saturated rings. The van der Waals surface area contributed by atoms with Crippen LogP contribution < -0.4 is 0 Å². The van der Waals surface area contributed by atoms with E-state index in [0.29, 0.717) is 32.4 Å². The van der Waals surface area contributed by atoms with Crippen molar-refractivity contribution in [3.63, 3.8) is 0 Å². The van der Waals surface area contributed by atoms with E-state index in [0.717, 1.165) is 25.0 Å². The maximum absolute atomic E-state index is 11.6. The van der Waals surface area contributed by atoms with E-state index in [9.17, 15) is 9.59 Å². The molecule has 0 aliphatic rings. The first-order valence-electron chi connectivity index (χ1n) is 7.37. The summed E-state index contributed by atoms with van der Waals surface area (Å²) in [5.41, 5.74) is 0. The minimum absolute atomic E-state index is 0.170. The van der Waals surface area contributed by atoms with E-state index in [-0.39, 0.29) is 5.97 Å². The third-order valence-corrected chi connectivity index (χ3v) is 3.11. The number of carbonyl (C=O) groups excluding carboxylic acids is 2. The molecule has 112 valence electrons. The normalized spacial score (nSPS) is 10.4. The summed E-state index contributed by atoms with van der Waals surface area (Å²) in [5, 5.41) is 0. The van der Waals surface area contributed by atoms with E-state index in [1.165, 1.54) is 12.8 Å². The molecule has 0 aliphatic carbocycles. The lowest BCUT2D eigenvalue weighted by Gasteiger charge is -2.07. The molecule has 0 amide bonds. The molecule has 0 saturated carbocycles. The number of nitrogens with zero attached hydrogens (tertiary/aromatic N) is 2. The van der Waals surface area contributed by atoms with E-state index in [2.05, 4.69) is 11.9 Å². The Morgan fingerprint density at radius 1 is 1.40 bits per heavy atom. The fourth-order valence-corrected chi connectivity index (χ4v) is 1.96. The third kappa shape index (κ3) is 6.50. The molecule has 5 heteroatoms. The summed E-state index contributed by atoms with van der Waals surface area (Å²) >= 11 is 0. The Balaban J connectivity index is 2.20. The van der Waals surface area contributed by atoms with Gasteiger partial charge in [-0.1, -0.05) is 26.2 Å². The summed E-state index contributed by atoms with van der Waals surface area (Å²) in [6.45, 7) is 3.22. The Morgan fingerprint density at radius 3 is 3.00 bits per heavy atom. The highest BCUT2D eigenvalue weighted by atomic mass is 16.5. The number of unbranched alkanes of at least 4 members (excludes halogenated alkanes) is 3. The molecule has 0 N–H and O–H groups in total. The van der Waals surface area contributed by atoms with Crippen LogP contribution in [0.5, 0.6) is 0 Å². The van der Waals surface area contributed by atoms with Gasteiger partial charge < -0.3 is 14.1 Å².